The van der Waals surface area contributed by atoms with E-state index >= 15 is 0 Å². The molecular formula is C18H27N5O2. The van der Waals surface area contributed by atoms with Crippen molar-refractivity contribution >= 4 is 23.5 Å². The lowest BCUT2D eigenvalue weighted by atomic mass is 10.1. The molecule has 1 unspecified atom stereocenters. The Kier molecular flexibility index (Phi) is 6.01. The maximum Gasteiger partial charge on any atom is 0.239 e. The molecule has 0 aromatic heterocycles. The van der Waals surface area contributed by atoms with Crippen molar-refractivity contribution in [1.82, 2.24) is 16.0 Å². The molecule has 1 aliphatic heterocycles. The number of nitrogens with zero attached hydrogens (tertiary/aromatic N) is 2. The first-order valence-electron chi connectivity index (χ1n) is 8.42. The van der Waals surface area contributed by atoms with E-state index in [1.165, 1.54) is 0 Å². The Labute approximate surface area is 148 Å². The minimum absolute atomic E-state index is 0.0513. The third kappa shape index (κ3) is 5.77. The number of hydrogen-bond acceptors (Lipinski definition) is 3. The summed E-state index contributed by atoms with van der Waals surface area (Å²) in [4.78, 5) is 30.0. The van der Waals surface area contributed by atoms with E-state index in [1.54, 1.807) is 11.9 Å². The van der Waals surface area contributed by atoms with E-state index in [1.807, 2.05) is 51.1 Å². The summed E-state index contributed by atoms with van der Waals surface area (Å²) < 4.78 is 0. The normalized spacial score (nSPS) is 18.2. The van der Waals surface area contributed by atoms with Gasteiger partial charge in [-0.1, -0.05) is 18.2 Å². The molecular weight excluding hydrogens is 318 g/mol. The van der Waals surface area contributed by atoms with Gasteiger partial charge >= 0.3 is 0 Å². The van der Waals surface area contributed by atoms with Crippen LogP contribution in [0.25, 0.3) is 0 Å². The van der Waals surface area contributed by atoms with Crippen LogP contribution < -0.4 is 20.9 Å². The summed E-state index contributed by atoms with van der Waals surface area (Å²) in [5, 5.41) is 9.08. The summed E-state index contributed by atoms with van der Waals surface area (Å²) in [6, 6.07) is 9.54. The maximum absolute atomic E-state index is 12.2. The lowest BCUT2D eigenvalue weighted by molar-refractivity contribution is -0.121. The van der Waals surface area contributed by atoms with E-state index in [0.717, 1.165) is 5.69 Å². The first kappa shape index (κ1) is 18.8. The van der Waals surface area contributed by atoms with Crippen LogP contribution in [-0.2, 0) is 9.59 Å². The molecule has 0 bridgehead atoms. The lowest BCUT2D eigenvalue weighted by Gasteiger charge is -2.22. The van der Waals surface area contributed by atoms with Crippen LogP contribution >= 0.6 is 0 Å². The van der Waals surface area contributed by atoms with Gasteiger partial charge in [-0.15, -0.1) is 0 Å². The van der Waals surface area contributed by atoms with Gasteiger partial charge in [-0.3, -0.25) is 14.6 Å². The Morgan fingerprint density at radius 1 is 1.28 bits per heavy atom. The molecule has 1 fully saturated rings. The van der Waals surface area contributed by atoms with Gasteiger partial charge in [0.25, 0.3) is 0 Å². The van der Waals surface area contributed by atoms with Crippen LogP contribution in [0.1, 0.15) is 27.2 Å². The number of rotatable bonds is 4. The van der Waals surface area contributed by atoms with Gasteiger partial charge in [-0.2, -0.15) is 0 Å². The maximum atomic E-state index is 12.2. The van der Waals surface area contributed by atoms with Crippen LogP contribution in [-0.4, -0.2) is 49.5 Å². The molecule has 136 valence electrons. The van der Waals surface area contributed by atoms with Gasteiger partial charge in [0.15, 0.2) is 5.96 Å². The molecule has 1 saturated heterocycles. The zero-order valence-corrected chi connectivity index (χ0v) is 15.3. The number of para-hydroxylation sites is 1. The van der Waals surface area contributed by atoms with Gasteiger partial charge in [0.05, 0.1) is 12.6 Å². The highest BCUT2D eigenvalue weighted by atomic mass is 16.2. The van der Waals surface area contributed by atoms with Crippen LogP contribution in [0.3, 0.4) is 0 Å². The second-order valence-corrected chi connectivity index (χ2v) is 7.11. The zero-order valence-electron chi connectivity index (χ0n) is 15.3. The topological polar surface area (TPSA) is 85.8 Å². The quantitative estimate of drug-likeness (QED) is 0.558. The molecule has 0 saturated carbocycles. The highest BCUT2D eigenvalue weighted by Gasteiger charge is 2.31. The number of benzene rings is 1. The molecule has 25 heavy (non-hydrogen) atoms. The molecule has 1 heterocycles. The number of guanidine groups is 1. The highest BCUT2D eigenvalue weighted by Crippen LogP contribution is 2.20. The van der Waals surface area contributed by atoms with Crippen molar-refractivity contribution in [3.05, 3.63) is 30.3 Å². The Morgan fingerprint density at radius 2 is 1.96 bits per heavy atom. The van der Waals surface area contributed by atoms with E-state index < -0.39 is 0 Å². The van der Waals surface area contributed by atoms with E-state index in [4.69, 9.17) is 0 Å². The molecule has 1 aromatic carbocycles. The summed E-state index contributed by atoms with van der Waals surface area (Å²) >= 11 is 0. The van der Waals surface area contributed by atoms with Crippen LogP contribution in [0.15, 0.2) is 35.3 Å². The average Bonchev–Trinajstić information content (AvgIpc) is 2.91. The van der Waals surface area contributed by atoms with Crippen molar-refractivity contribution in [3.63, 3.8) is 0 Å². The molecule has 0 radical (unpaired) electrons. The first-order valence-corrected chi connectivity index (χ1v) is 8.42. The smallest absolute Gasteiger partial charge is 0.239 e. The summed E-state index contributed by atoms with van der Waals surface area (Å²) in [6.07, 6.45) is 0.393. The largest absolute Gasteiger partial charge is 0.351 e. The number of carbonyl (C=O) groups is 2. The Morgan fingerprint density at radius 3 is 2.56 bits per heavy atom. The Balaban J connectivity index is 1.86. The van der Waals surface area contributed by atoms with Crippen molar-refractivity contribution in [2.24, 2.45) is 4.99 Å². The second kappa shape index (κ2) is 8.00. The van der Waals surface area contributed by atoms with E-state index in [0.29, 0.717) is 18.9 Å². The number of hydrogen-bond donors (Lipinski definition) is 3. The van der Waals surface area contributed by atoms with Crippen molar-refractivity contribution in [1.29, 1.82) is 0 Å². The number of carbonyl (C=O) groups excluding carboxylic acids is 2. The fraction of sp³-hybridized carbons (Fsp3) is 0.500. The second-order valence-electron chi connectivity index (χ2n) is 7.11. The molecule has 7 heteroatoms. The number of anilines is 1. The van der Waals surface area contributed by atoms with E-state index in [9.17, 15) is 9.59 Å². The van der Waals surface area contributed by atoms with Gasteiger partial charge in [0.2, 0.25) is 11.8 Å². The summed E-state index contributed by atoms with van der Waals surface area (Å²) in [5.74, 6) is 0.477. The standard InChI is InChI=1S/C18H27N5O2/c1-18(2,3)22-15(24)11-20-17(19-4)21-13-10-16(25)23(12-13)14-8-6-5-7-9-14/h5-9,13H,10-12H2,1-4H3,(H,22,24)(H2,19,20,21). The predicted octanol–water partition coefficient (Wildman–Crippen LogP) is 0.872. The van der Waals surface area contributed by atoms with Gasteiger partial charge in [-0.25, -0.2) is 0 Å². The molecule has 2 rings (SSSR count). The van der Waals surface area contributed by atoms with Crippen molar-refractivity contribution in [2.45, 2.75) is 38.8 Å². The fourth-order valence-corrected chi connectivity index (χ4v) is 2.68. The zero-order chi connectivity index (χ0) is 18.4. The summed E-state index contributed by atoms with van der Waals surface area (Å²) in [6.45, 7) is 6.48. The number of amides is 2. The number of aliphatic imine (C=N–C) groups is 1. The van der Waals surface area contributed by atoms with Crippen LogP contribution in [0.4, 0.5) is 5.69 Å². The molecule has 3 N–H and O–H groups in total. The van der Waals surface area contributed by atoms with Crippen LogP contribution in [0.5, 0.6) is 0 Å². The van der Waals surface area contributed by atoms with Gasteiger partial charge in [0.1, 0.15) is 0 Å². The molecule has 1 aliphatic rings. The highest BCUT2D eigenvalue weighted by molar-refractivity contribution is 5.97. The molecule has 1 atom stereocenters. The Bertz CT molecular complexity index is 637. The van der Waals surface area contributed by atoms with Gasteiger partial charge in [-0.05, 0) is 32.9 Å². The monoisotopic (exact) mass is 345 g/mol. The Hall–Kier alpha value is -2.57. The van der Waals surface area contributed by atoms with Crippen LogP contribution in [0.2, 0.25) is 0 Å². The van der Waals surface area contributed by atoms with Crippen LogP contribution in [0, 0.1) is 0 Å². The summed E-state index contributed by atoms with van der Waals surface area (Å²) in [5.41, 5.74) is 0.619. The van der Waals surface area contributed by atoms with Crippen molar-refractivity contribution in [3.8, 4) is 0 Å². The van der Waals surface area contributed by atoms with E-state index in [-0.39, 0.29) is 29.9 Å². The number of nitrogens with one attached hydrogen (secondary N) is 3. The third-order valence-electron chi connectivity index (χ3n) is 3.69. The van der Waals surface area contributed by atoms with Crippen molar-refractivity contribution in [2.75, 3.05) is 25.0 Å². The fourth-order valence-electron chi connectivity index (χ4n) is 2.68. The molecule has 1 aromatic rings. The van der Waals surface area contributed by atoms with Gasteiger partial charge < -0.3 is 20.9 Å². The molecule has 7 nitrogen and oxygen atoms in total. The summed E-state index contributed by atoms with van der Waals surface area (Å²) in [7, 11) is 1.64. The molecule has 0 aliphatic carbocycles. The van der Waals surface area contributed by atoms with E-state index in [2.05, 4.69) is 20.9 Å². The minimum Gasteiger partial charge on any atom is -0.351 e. The molecule has 2 amide bonds. The minimum atomic E-state index is -0.274. The molecule has 0 spiro atoms. The lowest BCUT2D eigenvalue weighted by Crippen LogP contribution is -2.50. The SMILES string of the molecule is CN=C(NCC(=O)NC(C)(C)C)NC1CC(=O)N(c2ccccc2)C1. The van der Waals surface area contributed by atoms with Gasteiger partial charge in [0, 0.05) is 31.2 Å². The first-order chi connectivity index (χ1) is 11.8. The predicted molar refractivity (Wildman–Crippen MR) is 99.6 cm³/mol. The third-order valence-corrected chi connectivity index (χ3v) is 3.69. The van der Waals surface area contributed by atoms with Crippen molar-refractivity contribution < 1.29 is 9.59 Å². The average molecular weight is 345 g/mol.